The summed E-state index contributed by atoms with van der Waals surface area (Å²) >= 11 is 0. The predicted octanol–water partition coefficient (Wildman–Crippen LogP) is -0.447. The average Bonchev–Trinajstić information content (AvgIpc) is 1.30. The van der Waals surface area contributed by atoms with E-state index in [0.717, 1.165) is 6.42 Å². The van der Waals surface area contributed by atoms with Gasteiger partial charge in [-0.25, -0.2) is 0 Å². The van der Waals surface area contributed by atoms with Crippen LogP contribution in [-0.2, 0) is 0 Å². The minimum absolute atomic E-state index is 0. The summed E-state index contributed by atoms with van der Waals surface area (Å²) in [6, 6.07) is 1.37. The number of hydrogen-bond donors (Lipinski definition) is 0. The molecule has 0 bridgehead atoms. The summed E-state index contributed by atoms with van der Waals surface area (Å²) in [6.45, 7) is 10.9. The van der Waals surface area contributed by atoms with Crippen LogP contribution in [0.1, 0.15) is 6.42 Å². The third-order valence-corrected chi connectivity index (χ3v) is 2.78. The van der Waals surface area contributed by atoms with Gasteiger partial charge in [-0.2, -0.15) is 6.42 Å². The molecule has 0 nitrogen and oxygen atoms in total. The molecular weight excluding hydrogens is 123 g/mol. The first kappa shape index (κ1) is 11.9. The van der Waals surface area contributed by atoms with E-state index in [1.54, 1.807) is 0 Å². The Labute approximate surface area is 76.4 Å². The van der Waals surface area contributed by atoms with Crippen molar-refractivity contribution in [3.63, 3.8) is 0 Å². The van der Waals surface area contributed by atoms with E-state index >= 15 is 0 Å². The summed E-state index contributed by atoms with van der Waals surface area (Å²) < 4.78 is 0. The Morgan fingerprint density at radius 1 is 1.25 bits per heavy atom. The summed E-state index contributed by atoms with van der Waals surface area (Å²) in [7, 11) is -0.720. The van der Waals surface area contributed by atoms with Gasteiger partial charge in [0, 0.05) is 8.07 Å². The van der Waals surface area contributed by atoms with Gasteiger partial charge in [0.25, 0.3) is 0 Å². The van der Waals surface area contributed by atoms with E-state index in [1.807, 2.05) is 0 Å². The van der Waals surface area contributed by atoms with Crippen LogP contribution in [-0.4, -0.2) is 8.07 Å². The van der Waals surface area contributed by atoms with Crippen LogP contribution in [0.3, 0.4) is 0 Å². The first-order valence-electron chi connectivity index (χ1n) is 2.85. The molecule has 0 rings (SSSR count). The summed E-state index contributed by atoms with van der Waals surface area (Å²) in [4.78, 5) is 0. The maximum atomic E-state index is 3.81. The van der Waals surface area contributed by atoms with Gasteiger partial charge < -0.3 is 6.92 Å². The van der Waals surface area contributed by atoms with Gasteiger partial charge in [0.1, 0.15) is 0 Å². The molecule has 0 aliphatic heterocycles. The van der Waals surface area contributed by atoms with Gasteiger partial charge in [0.15, 0.2) is 0 Å². The second kappa shape index (κ2) is 5.04. The zero-order chi connectivity index (χ0) is 5.91. The minimum Gasteiger partial charge on any atom is -0.344 e. The quantitative estimate of drug-likeness (QED) is 0.358. The molecule has 0 saturated heterocycles. The third-order valence-electron chi connectivity index (χ3n) is 0.927. The molecule has 44 valence electrons. The largest absolute Gasteiger partial charge is 1.00 e. The monoisotopic (exact) mass is 138 g/mol. The molecule has 0 aromatic carbocycles. The molecule has 0 heterocycles. The van der Waals surface area contributed by atoms with Crippen LogP contribution in [0.4, 0.5) is 0 Å². The maximum absolute atomic E-state index is 3.81. The van der Waals surface area contributed by atoms with Gasteiger partial charge in [-0.05, 0) is 0 Å². The zero-order valence-electron chi connectivity index (χ0n) is 6.62. The van der Waals surface area contributed by atoms with Gasteiger partial charge >= 0.3 is 29.6 Å². The van der Waals surface area contributed by atoms with Crippen LogP contribution in [0.15, 0.2) is 0 Å². The van der Waals surface area contributed by atoms with Crippen molar-refractivity contribution in [2.24, 2.45) is 0 Å². The van der Waals surface area contributed by atoms with Gasteiger partial charge in [-0.1, -0.05) is 25.7 Å². The molecule has 0 aromatic rings. The fourth-order valence-electron chi connectivity index (χ4n) is 0.530. The third kappa shape index (κ3) is 10.2. The van der Waals surface area contributed by atoms with Crippen molar-refractivity contribution in [3.8, 4) is 0 Å². The first-order chi connectivity index (χ1) is 3.06. The Hall–Kier alpha value is 1.22. The molecule has 8 heavy (non-hydrogen) atoms. The molecule has 0 amide bonds. The van der Waals surface area contributed by atoms with Crippen molar-refractivity contribution in [2.45, 2.75) is 32.1 Å². The van der Waals surface area contributed by atoms with Crippen LogP contribution in [0.5, 0.6) is 0 Å². The second-order valence-corrected chi connectivity index (χ2v) is 8.79. The van der Waals surface area contributed by atoms with Crippen LogP contribution in [0.25, 0.3) is 0 Å². The van der Waals surface area contributed by atoms with Crippen LogP contribution in [0, 0.1) is 6.92 Å². The van der Waals surface area contributed by atoms with Crippen molar-refractivity contribution in [2.75, 3.05) is 0 Å². The number of hydrogen-bond acceptors (Lipinski definition) is 0. The summed E-state index contributed by atoms with van der Waals surface area (Å²) in [5, 5.41) is 0. The summed E-state index contributed by atoms with van der Waals surface area (Å²) in [6.07, 6.45) is 1.12. The zero-order valence-corrected chi connectivity index (χ0v) is 9.62. The first-order valence-corrected chi connectivity index (χ1v) is 6.56. The second-order valence-electron chi connectivity index (χ2n) is 3.16. The van der Waals surface area contributed by atoms with Crippen molar-refractivity contribution >= 4 is 8.07 Å². The summed E-state index contributed by atoms with van der Waals surface area (Å²) in [5.74, 6) is 0. The van der Waals surface area contributed by atoms with E-state index in [2.05, 4.69) is 26.6 Å². The minimum atomic E-state index is -0.720. The van der Waals surface area contributed by atoms with E-state index in [9.17, 15) is 0 Å². The maximum Gasteiger partial charge on any atom is 1.00 e. The molecule has 0 atom stereocenters. The van der Waals surface area contributed by atoms with E-state index in [-0.39, 0.29) is 29.6 Å². The van der Waals surface area contributed by atoms with Gasteiger partial charge in [-0.15, -0.1) is 0 Å². The SMILES string of the molecule is [CH2-]CC[Si](C)(C)C.[Na+]. The fraction of sp³-hybridized carbons (Fsp3) is 0.833. The van der Waals surface area contributed by atoms with E-state index in [1.165, 1.54) is 6.04 Å². The molecule has 0 aliphatic carbocycles. The Bertz CT molecular complexity index is 47.0. The van der Waals surface area contributed by atoms with Crippen LogP contribution in [0.2, 0.25) is 25.7 Å². The van der Waals surface area contributed by atoms with E-state index in [4.69, 9.17) is 0 Å². The molecule has 0 fully saturated rings. The molecule has 2 heteroatoms. The molecule has 0 unspecified atom stereocenters. The Morgan fingerprint density at radius 3 is 1.62 bits per heavy atom. The van der Waals surface area contributed by atoms with Gasteiger partial charge in [0.2, 0.25) is 0 Å². The Kier molecular flexibility index (Phi) is 7.52. The van der Waals surface area contributed by atoms with Crippen molar-refractivity contribution < 1.29 is 29.6 Å². The molecule has 0 spiro atoms. The van der Waals surface area contributed by atoms with Crippen molar-refractivity contribution in [1.82, 2.24) is 0 Å². The van der Waals surface area contributed by atoms with Crippen LogP contribution >= 0.6 is 0 Å². The van der Waals surface area contributed by atoms with E-state index < -0.39 is 8.07 Å². The average molecular weight is 138 g/mol. The molecule has 0 aliphatic rings. The Balaban J connectivity index is 0. The molecular formula is C6H15NaSi. The van der Waals surface area contributed by atoms with Gasteiger partial charge in [-0.3, -0.25) is 0 Å². The van der Waals surface area contributed by atoms with E-state index in [0.29, 0.717) is 0 Å². The predicted molar refractivity (Wildman–Crippen MR) is 38.1 cm³/mol. The van der Waals surface area contributed by atoms with Crippen LogP contribution < -0.4 is 29.6 Å². The fourth-order valence-corrected chi connectivity index (χ4v) is 1.59. The summed E-state index contributed by atoms with van der Waals surface area (Å²) in [5.41, 5.74) is 0. The molecule has 0 saturated carbocycles. The smallest absolute Gasteiger partial charge is 0.344 e. The normalized spacial score (nSPS) is 10.5. The van der Waals surface area contributed by atoms with Gasteiger partial charge in [0.05, 0.1) is 0 Å². The van der Waals surface area contributed by atoms with Crippen molar-refractivity contribution in [3.05, 3.63) is 6.92 Å². The standard InChI is InChI=1S/C6H15Si.Na/c1-5-6-7(2,3)4;/h1,5-6H2,2-4H3;/q-1;+1. The topological polar surface area (TPSA) is 0 Å². The Morgan fingerprint density at radius 2 is 1.62 bits per heavy atom. The number of rotatable bonds is 2. The molecule has 0 N–H and O–H groups in total. The molecule has 0 radical (unpaired) electrons. The van der Waals surface area contributed by atoms with Crippen molar-refractivity contribution in [1.29, 1.82) is 0 Å². The molecule has 0 aromatic heterocycles.